The summed E-state index contributed by atoms with van der Waals surface area (Å²) < 4.78 is 38.3. The van der Waals surface area contributed by atoms with Crippen LogP contribution in [0.1, 0.15) is 50.6 Å². The van der Waals surface area contributed by atoms with Crippen molar-refractivity contribution in [2.75, 3.05) is 18.0 Å². The molecule has 1 aromatic heterocycles. The Morgan fingerprint density at radius 1 is 1.16 bits per heavy atom. The molecule has 2 fully saturated rings. The highest BCUT2D eigenvalue weighted by atomic mass is 19.4. The van der Waals surface area contributed by atoms with Gasteiger partial charge in [-0.1, -0.05) is 12.8 Å². The van der Waals surface area contributed by atoms with Gasteiger partial charge in [0.05, 0.1) is 0 Å². The quantitative estimate of drug-likeness (QED) is 0.900. The summed E-state index contributed by atoms with van der Waals surface area (Å²) in [6.45, 7) is 1.14. The number of carbonyl (C=O) groups is 1. The molecule has 3 rings (SSSR count). The van der Waals surface area contributed by atoms with Gasteiger partial charge in [0, 0.05) is 31.6 Å². The predicted molar refractivity (Wildman–Crippen MR) is 87.0 cm³/mol. The van der Waals surface area contributed by atoms with E-state index in [9.17, 15) is 18.0 Å². The number of nitrogens with zero attached hydrogens (tertiary/aromatic N) is 3. The Bertz CT molecular complexity index is 594. The molecule has 0 bridgehead atoms. The Hall–Kier alpha value is -1.86. The van der Waals surface area contributed by atoms with Crippen LogP contribution in [0.2, 0.25) is 0 Å². The van der Waals surface area contributed by atoms with Gasteiger partial charge < -0.3 is 10.2 Å². The number of alkyl halides is 3. The van der Waals surface area contributed by atoms with Crippen molar-refractivity contribution in [2.24, 2.45) is 5.92 Å². The predicted octanol–water partition coefficient (Wildman–Crippen LogP) is 3.16. The van der Waals surface area contributed by atoms with Crippen molar-refractivity contribution in [3.05, 3.63) is 18.1 Å². The normalized spacial score (nSPS) is 20.0. The van der Waals surface area contributed by atoms with Gasteiger partial charge in [-0.15, -0.1) is 0 Å². The Kier molecular flexibility index (Phi) is 5.44. The summed E-state index contributed by atoms with van der Waals surface area (Å²) in [6.07, 6.45) is 3.22. The number of piperidine rings is 1. The van der Waals surface area contributed by atoms with Crippen LogP contribution in [0.3, 0.4) is 0 Å². The van der Waals surface area contributed by atoms with Gasteiger partial charge in [0.25, 0.3) is 0 Å². The van der Waals surface area contributed by atoms with Gasteiger partial charge >= 0.3 is 6.18 Å². The molecule has 0 atom stereocenters. The van der Waals surface area contributed by atoms with Gasteiger partial charge in [-0.05, 0) is 31.6 Å². The first-order valence-electron chi connectivity index (χ1n) is 8.85. The highest BCUT2D eigenvalue weighted by molar-refractivity contribution is 5.76. The molecule has 25 heavy (non-hydrogen) atoms. The van der Waals surface area contributed by atoms with Crippen LogP contribution in [0, 0.1) is 5.92 Å². The highest BCUT2D eigenvalue weighted by Gasteiger charge is 2.33. The van der Waals surface area contributed by atoms with E-state index >= 15 is 0 Å². The third-order valence-electron chi connectivity index (χ3n) is 5.08. The lowest BCUT2D eigenvalue weighted by Crippen LogP contribution is -2.45. The first-order valence-corrected chi connectivity index (χ1v) is 8.85. The van der Waals surface area contributed by atoms with E-state index in [-0.39, 0.29) is 17.8 Å². The number of hydrogen-bond acceptors (Lipinski definition) is 4. The zero-order chi connectivity index (χ0) is 17.9. The number of amides is 1. The fourth-order valence-electron chi connectivity index (χ4n) is 3.69. The second kappa shape index (κ2) is 7.58. The largest absolute Gasteiger partial charge is 0.433 e. The Morgan fingerprint density at radius 2 is 1.84 bits per heavy atom. The molecule has 8 heteroatoms. The van der Waals surface area contributed by atoms with Crippen molar-refractivity contribution in [3.63, 3.8) is 0 Å². The zero-order valence-electron chi connectivity index (χ0n) is 14.1. The fraction of sp³-hybridized carbons (Fsp3) is 0.706. The first kappa shape index (κ1) is 17.9. The molecule has 138 valence electrons. The summed E-state index contributed by atoms with van der Waals surface area (Å²) in [7, 11) is 0. The molecule has 0 spiro atoms. The average molecular weight is 356 g/mol. The Balaban J connectivity index is 1.49. The van der Waals surface area contributed by atoms with E-state index in [2.05, 4.69) is 15.3 Å². The van der Waals surface area contributed by atoms with E-state index in [1.165, 1.54) is 12.8 Å². The van der Waals surface area contributed by atoms with E-state index in [0.717, 1.165) is 25.2 Å². The van der Waals surface area contributed by atoms with Crippen molar-refractivity contribution in [2.45, 2.75) is 57.2 Å². The van der Waals surface area contributed by atoms with Crippen LogP contribution in [0.5, 0.6) is 0 Å². The number of anilines is 1. The van der Waals surface area contributed by atoms with E-state index in [0.29, 0.717) is 38.3 Å². The summed E-state index contributed by atoms with van der Waals surface area (Å²) in [6, 6.07) is 1.08. The van der Waals surface area contributed by atoms with Crippen LogP contribution >= 0.6 is 0 Å². The lowest BCUT2D eigenvalue weighted by molar-refractivity contribution is -0.141. The number of carbonyl (C=O) groups excluding carboxylic acids is 1. The fourth-order valence-corrected chi connectivity index (χ4v) is 3.69. The monoisotopic (exact) mass is 356 g/mol. The minimum absolute atomic E-state index is 0.0917. The van der Waals surface area contributed by atoms with Gasteiger partial charge in [-0.25, -0.2) is 9.97 Å². The summed E-state index contributed by atoms with van der Waals surface area (Å²) >= 11 is 0. The maximum Gasteiger partial charge on any atom is 0.433 e. The molecule has 2 heterocycles. The minimum atomic E-state index is -4.47. The molecule has 1 aliphatic carbocycles. The summed E-state index contributed by atoms with van der Waals surface area (Å²) in [5, 5.41) is 3.08. The summed E-state index contributed by atoms with van der Waals surface area (Å²) in [5.74, 6) is 0.909. The van der Waals surface area contributed by atoms with Crippen LogP contribution in [-0.4, -0.2) is 35.0 Å². The van der Waals surface area contributed by atoms with Crippen LogP contribution in [-0.2, 0) is 11.0 Å². The van der Waals surface area contributed by atoms with Crippen molar-refractivity contribution in [1.82, 2.24) is 15.3 Å². The third-order valence-corrected chi connectivity index (χ3v) is 5.08. The third kappa shape index (κ3) is 4.83. The number of nitrogens with one attached hydrogen (secondary N) is 1. The topological polar surface area (TPSA) is 58.1 Å². The second-order valence-corrected chi connectivity index (χ2v) is 6.94. The number of halogens is 3. The summed E-state index contributed by atoms with van der Waals surface area (Å²) in [5.41, 5.74) is -0.926. The van der Waals surface area contributed by atoms with Crippen molar-refractivity contribution in [3.8, 4) is 0 Å². The molecular formula is C17H23F3N4O. The molecule has 1 saturated heterocycles. The second-order valence-electron chi connectivity index (χ2n) is 6.94. The molecule has 1 aliphatic heterocycles. The number of hydrogen-bond donors (Lipinski definition) is 1. The lowest BCUT2D eigenvalue weighted by atomic mass is 10.0. The highest BCUT2D eigenvalue weighted by Crippen LogP contribution is 2.30. The van der Waals surface area contributed by atoms with E-state index < -0.39 is 11.9 Å². The molecule has 1 aromatic rings. The van der Waals surface area contributed by atoms with Gasteiger partial charge in [0.15, 0.2) is 0 Å². The average Bonchev–Trinajstić information content (AvgIpc) is 3.08. The summed E-state index contributed by atoms with van der Waals surface area (Å²) in [4.78, 5) is 21.2. The van der Waals surface area contributed by atoms with Crippen LogP contribution in [0.25, 0.3) is 0 Å². The van der Waals surface area contributed by atoms with Crippen LogP contribution in [0.4, 0.5) is 19.0 Å². The molecule has 1 saturated carbocycles. The first-order chi connectivity index (χ1) is 11.9. The van der Waals surface area contributed by atoms with E-state index in [1.54, 1.807) is 0 Å². The standard InChI is InChI=1S/C17H23F3N4O/c18-17(19,20)14-10-15(22-11-21-14)24-7-5-13(6-8-24)23-16(25)9-12-3-1-2-4-12/h10-13H,1-9H2,(H,23,25). The van der Waals surface area contributed by atoms with E-state index in [1.807, 2.05) is 4.90 Å². The molecule has 0 aromatic carbocycles. The number of aromatic nitrogens is 2. The molecule has 1 amide bonds. The van der Waals surface area contributed by atoms with Gasteiger partial charge in [0.2, 0.25) is 5.91 Å². The van der Waals surface area contributed by atoms with E-state index in [4.69, 9.17) is 0 Å². The van der Waals surface area contributed by atoms with Crippen molar-refractivity contribution in [1.29, 1.82) is 0 Å². The molecule has 0 unspecified atom stereocenters. The maximum atomic E-state index is 12.8. The van der Waals surface area contributed by atoms with Crippen molar-refractivity contribution >= 4 is 11.7 Å². The SMILES string of the molecule is O=C(CC1CCCC1)NC1CCN(c2cc(C(F)(F)F)ncn2)CC1. The molecule has 1 N–H and O–H groups in total. The van der Waals surface area contributed by atoms with Gasteiger partial charge in [0.1, 0.15) is 17.8 Å². The van der Waals surface area contributed by atoms with Crippen LogP contribution < -0.4 is 10.2 Å². The van der Waals surface area contributed by atoms with Gasteiger partial charge in [-0.3, -0.25) is 4.79 Å². The molecule has 5 nitrogen and oxygen atoms in total. The van der Waals surface area contributed by atoms with Crippen LogP contribution in [0.15, 0.2) is 12.4 Å². The minimum Gasteiger partial charge on any atom is -0.356 e. The van der Waals surface area contributed by atoms with Gasteiger partial charge in [-0.2, -0.15) is 13.2 Å². The molecule has 0 radical (unpaired) electrons. The maximum absolute atomic E-state index is 12.8. The molecule has 2 aliphatic rings. The number of rotatable bonds is 4. The molecular weight excluding hydrogens is 333 g/mol. The van der Waals surface area contributed by atoms with Crippen molar-refractivity contribution < 1.29 is 18.0 Å². The Labute approximate surface area is 145 Å². The zero-order valence-corrected chi connectivity index (χ0v) is 14.1. The Morgan fingerprint density at radius 3 is 2.48 bits per heavy atom. The smallest absolute Gasteiger partial charge is 0.356 e. The lowest BCUT2D eigenvalue weighted by Gasteiger charge is -2.33.